The van der Waals surface area contributed by atoms with E-state index >= 15 is 0 Å². The fourth-order valence-corrected chi connectivity index (χ4v) is 3.95. The molecule has 0 aliphatic rings. The van der Waals surface area contributed by atoms with Gasteiger partial charge in [0.1, 0.15) is 12.2 Å². The van der Waals surface area contributed by atoms with E-state index in [0.717, 1.165) is 57.1 Å². The van der Waals surface area contributed by atoms with E-state index in [0.29, 0.717) is 6.04 Å². The van der Waals surface area contributed by atoms with Crippen LogP contribution in [0, 0.1) is 0 Å². The van der Waals surface area contributed by atoms with Gasteiger partial charge in [-0.1, -0.05) is 43.3 Å². The van der Waals surface area contributed by atoms with Gasteiger partial charge in [-0.25, -0.2) is 0 Å². The molecule has 0 saturated carbocycles. The Labute approximate surface area is 206 Å². The number of hydrogen-bond acceptors (Lipinski definition) is 4. The minimum atomic E-state index is 0. The predicted octanol–water partition coefficient (Wildman–Crippen LogP) is 4.32. The molecule has 0 saturated heterocycles. The van der Waals surface area contributed by atoms with Gasteiger partial charge < -0.3 is 15.2 Å². The molecule has 0 amide bonds. The van der Waals surface area contributed by atoms with E-state index in [9.17, 15) is 0 Å². The van der Waals surface area contributed by atoms with Crippen LogP contribution >= 0.6 is 35.3 Å². The number of benzene rings is 1. The summed E-state index contributed by atoms with van der Waals surface area (Å²) in [7, 11) is 0. The number of aromatic nitrogens is 3. The quantitative estimate of drug-likeness (QED) is 0.211. The van der Waals surface area contributed by atoms with Crippen molar-refractivity contribution in [1.82, 2.24) is 25.4 Å². The maximum absolute atomic E-state index is 4.82. The summed E-state index contributed by atoms with van der Waals surface area (Å²) in [6, 6.07) is 15.2. The molecule has 1 atom stereocenters. The number of guanidine groups is 1. The highest BCUT2D eigenvalue weighted by molar-refractivity contribution is 14.0. The number of aryl methyl sites for hydroxylation is 2. The van der Waals surface area contributed by atoms with Gasteiger partial charge >= 0.3 is 0 Å². The van der Waals surface area contributed by atoms with Crippen LogP contribution in [0.2, 0.25) is 0 Å². The van der Waals surface area contributed by atoms with Crippen molar-refractivity contribution in [3.63, 3.8) is 0 Å². The molecule has 0 spiro atoms. The van der Waals surface area contributed by atoms with Gasteiger partial charge in [0, 0.05) is 43.4 Å². The molecule has 1 unspecified atom stereocenters. The molecule has 0 bridgehead atoms. The summed E-state index contributed by atoms with van der Waals surface area (Å²) < 4.78 is 2.09. The number of thiophene rings is 1. The standard InChI is InChI=1S/C23H32N6S.HI/c1-3-22-28-26-18-29(22)16-15-25-23(24-14-13-21-10-7-17-30-21)27-19(2)11-12-20-8-5-4-6-9-20;/h4-10,17-19H,3,11-16H2,1-2H3,(H2,24,25,27);1H. The van der Waals surface area contributed by atoms with Gasteiger partial charge in [-0.3, -0.25) is 4.99 Å². The van der Waals surface area contributed by atoms with Gasteiger partial charge in [-0.15, -0.1) is 45.5 Å². The van der Waals surface area contributed by atoms with Crippen molar-refractivity contribution in [2.75, 3.05) is 13.1 Å². The lowest BCUT2D eigenvalue weighted by Gasteiger charge is -2.19. The van der Waals surface area contributed by atoms with Crippen LogP contribution in [-0.2, 0) is 25.8 Å². The summed E-state index contributed by atoms with van der Waals surface area (Å²) in [5.41, 5.74) is 1.37. The molecule has 1 aromatic carbocycles. The lowest BCUT2D eigenvalue weighted by atomic mass is 10.1. The average Bonchev–Trinajstić information content (AvgIpc) is 3.44. The molecule has 31 heavy (non-hydrogen) atoms. The molecule has 0 aliphatic heterocycles. The Kier molecular flexibility index (Phi) is 11.6. The van der Waals surface area contributed by atoms with Crippen molar-refractivity contribution in [2.45, 2.75) is 52.1 Å². The minimum absolute atomic E-state index is 0. The van der Waals surface area contributed by atoms with Crippen molar-refractivity contribution >= 4 is 41.3 Å². The second kappa shape index (κ2) is 14.2. The first-order valence-electron chi connectivity index (χ1n) is 10.7. The van der Waals surface area contributed by atoms with Crippen molar-refractivity contribution in [1.29, 1.82) is 0 Å². The Balaban J connectivity index is 0.00000341. The van der Waals surface area contributed by atoms with Crippen LogP contribution in [0.1, 0.15) is 36.5 Å². The topological polar surface area (TPSA) is 67.1 Å². The average molecular weight is 553 g/mol. The lowest BCUT2D eigenvalue weighted by Crippen LogP contribution is -2.43. The maximum Gasteiger partial charge on any atom is 0.191 e. The molecule has 2 aromatic heterocycles. The van der Waals surface area contributed by atoms with Crippen LogP contribution < -0.4 is 10.6 Å². The van der Waals surface area contributed by atoms with E-state index < -0.39 is 0 Å². The largest absolute Gasteiger partial charge is 0.355 e. The number of nitrogens with zero attached hydrogens (tertiary/aromatic N) is 4. The van der Waals surface area contributed by atoms with Gasteiger partial charge in [-0.05, 0) is 36.8 Å². The van der Waals surface area contributed by atoms with Gasteiger partial charge in [0.15, 0.2) is 5.96 Å². The summed E-state index contributed by atoms with van der Waals surface area (Å²) >= 11 is 1.79. The van der Waals surface area contributed by atoms with Crippen LogP contribution in [0.4, 0.5) is 0 Å². The van der Waals surface area contributed by atoms with Crippen LogP contribution in [0.5, 0.6) is 0 Å². The van der Waals surface area contributed by atoms with E-state index in [1.807, 2.05) is 0 Å². The van der Waals surface area contributed by atoms with Crippen LogP contribution in [0.3, 0.4) is 0 Å². The van der Waals surface area contributed by atoms with E-state index in [1.165, 1.54) is 10.4 Å². The molecule has 0 aliphatic carbocycles. The van der Waals surface area contributed by atoms with E-state index in [1.54, 1.807) is 17.7 Å². The van der Waals surface area contributed by atoms with Crippen LogP contribution in [-0.4, -0.2) is 39.9 Å². The monoisotopic (exact) mass is 552 g/mol. The summed E-state index contributed by atoms with van der Waals surface area (Å²) in [4.78, 5) is 6.18. The van der Waals surface area contributed by atoms with Crippen molar-refractivity contribution in [2.24, 2.45) is 4.99 Å². The molecule has 3 rings (SSSR count). The molecule has 6 nitrogen and oxygen atoms in total. The van der Waals surface area contributed by atoms with Crippen molar-refractivity contribution in [3.05, 3.63) is 70.4 Å². The number of hydrogen-bond donors (Lipinski definition) is 2. The van der Waals surface area contributed by atoms with E-state index in [2.05, 4.69) is 87.1 Å². The second-order valence-corrected chi connectivity index (χ2v) is 8.38. The van der Waals surface area contributed by atoms with Gasteiger partial charge in [0.2, 0.25) is 0 Å². The fraction of sp³-hybridized carbons (Fsp3) is 0.435. The Morgan fingerprint density at radius 1 is 1.16 bits per heavy atom. The Morgan fingerprint density at radius 3 is 2.74 bits per heavy atom. The first kappa shape index (κ1) is 25.3. The van der Waals surface area contributed by atoms with Gasteiger partial charge in [-0.2, -0.15) is 0 Å². The normalized spacial score (nSPS) is 12.3. The van der Waals surface area contributed by atoms with E-state index in [4.69, 9.17) is 4.99 Å². The Hall–Kier alpha value is -1.94. The third-order valence-electron chi connectivity index (χ3n) is 4.96. The van der Waals surface area contributed by atoms with Crippen LogP contribution in [0.15, 0.2) is 59.2 Å². The number of nitrogens with one attached hydrogen (secondary N) is 2. The molecule has 168 valence electrons. The number of aliphatic imine (C=N–C) groups is 1. The molecule has 2 heterocycles. The fourth-order valence-electron chi connectivity index (χ4n) is 3.25. The zero-order chi connectivity index (χ0) is 21.0. The highest BCUT2D eigenvalue weighted by Crippen LogP contribution is 2.09. The van der Waals surface area contributed by atoms with Crippen LogP contribution in [0.25, 0.3) is 0 Å². The summed E-state index contributed by atoms with van der Waals surface area (Å²) in [5, 5.41) is 17.3. The summed E-state index contributed by atoms with van der Waals surface area (Å²) in [6.07, 6.45) is 5.76. The second-order valence-electron chi connectivity index (χ2n) is 7.35. The van der Waals surface area contributed by atoms with Gasteiger partial charge in [0.05, 0.1) is 0 Å². The predicted molar refractivity (Wildman–Crippen MR) is 141 cm³/mol. The third kappa shape index (κ3) is 8.98. The SMILES string of the molecule is CCc1nncn1CCNC(=NCCc1cccs1)NC(C)CCc1ccccc1.I. The summed E-state index contributed by atoms with van der Waals surface area (Å²) in [6.45, 7) is 6.69. The van der Waals surface area contributed by atoms with Crippen molar-refractivity contribution in [3.8, 4) is 0 Å². The number of halogens is 1. The zero-order valence-corrected chi connectivity index (χ0v) is 21.5. The summed E-state index contributed by atoms with van der Waals surface area (Å²) in [5.74, 6) is 1.88. The Bertz CT molecular complexity index is 879. The van der Waals surface area contributed by atoms with Gasteiger partial charge in [0.25, 0.3) is 0 Å². The third-order valence-corrected chi connectivity index (χ3v) is 5.89. The highest BCUT2D eigenvalue weighted by atomic mass is 127. The first-order chi connectivity index (χ1) is 14.7. The minimum Gasteiger partial charge on any atom is -0.355 e. The zero-order valence-electron chi connectivity index (χ0n) is 18.3. The molecular formula is C23H33IN6S. The molecule has 2 N–H and O–H groups in total. The Morgan fingerprint density at radius 2 is 2.00 bits per heavy atom. The maximum atomic E-state index is 4.82. The highest BCUT2D eigenvalue weighted by Gasteiger charge is 2.07. The molecular weight excluding hydrogens is 519 g/mol. The number of rotatable bonds is 11. The molecule has 0 radical (unpaired) electrons. The smallest absolute Gasteiger partial charge is 0.191 e. The van der Waals surface area contributed by atoms with E-state index in [-0.39, 0.29) is 24.0 Å². The molecule has 8 heteroatoms. The molecule has 0 fully saturated rings. The first-order valence-corrected chi connectivity index (χ1v) is 11.6. The van der Waals surface area contributed by atoms with Crippen molar-refractivity contribution < 1.29 is 0 Å². The molecule has 3 aromatic rings. The lowest BCUT2D eigenvalue weighted by molar-refractivity contribution is 0.580.